The summed E-state index contributed by atoms with van der Waals surface area (Å²) in [7, 11) is 0. The minimum atomic E-state index is 0.550. The van der Waals surface area contributed by atoms with E-state index < -0.39 is 0 Å². The van der Waals surface area contributed by atoms with Gasteiger partial charge in [-0.1, -0.05) is 158 Å². The van der Waals surface area contributed by atoms with Gasteiger partial charge in [0.15, 0.2) is 23.1 Å². The summed E-state index contributed by atoms with van der Waals surface area (Å²) in [6, 6.07) is 66.5. The Kier molecular flexibility index (Phi) is 8.08. The largest absolute Gasteiger partial charge is 0.435 e. The summed E-state index contributed by atoms with van der Waals surface area (Å²) >= 11 is 0. The van der Waals surface area contributed by atoms with Crippen LogP contribution in [0.25, 0.3) is 101 Å². The molecule has 0 aliphatic carbocycles. The average molecular weight is 705 g/mol. The molecule has 0 spiro atoms. The topological polar surface area (TPSA) is 64.7 Å². The minimum Gasteiger partial charge on any atom is -0.435 e. The molecule has 0 aliphatic rings. The molecule has 0 radical (unpaired) electrons. The van der Waals surface area contributed by atoms with Gasteiger partial charge < -0.3 is 4.42 Å². The van der Waals surface area contributed by atoms with Gasteiger partial charge in [-0.3, -0.25) is 0 Å². The number of benzene rings is 8. The molecule has 0 aliphatic heterocycles. The van der Waals surface area contributed by atoms with E-state index in [1.54, 1.807) is 0 Å². The van der Waals surface area contributed by atoms with Crippen LogP contribution in [-0.2, 0) is 0 Å². The lowest BCUT2D eigenvalue weighted by atomic mass is 9.95. The van der Waals surface area contributed by atoms with Crippen LogP contribution in [0.5, 0.6) is 0 Å². The number of rotatable bonds is 7. The highest BCUT2D eigenvalue weighted by Gasteiger charge is 2.19. The summed E-state index contributed by atoms with van der Waals surface area (Å²) < 4.78 is 6.56. The lowest BCUT2D eigenvalue weighted by molar-refractivity contribution is 0.623. The molecule has 0 amide bonds. The fourth-order valence-electron chi connectivity index (χ4n) is 7.19. The van der Waals surface area contributed by atoms with Crippen LogP contribution < -0.4 is 0 Å². The van der Waals surface area contributed by atoms with Gasteiger partial charge in [0, 0.05) is 27.6 Å². The van der Waals surface area contributed by atoms with Crippen LogP contribution in [0, 0.1) is 0 Å². The van der Waals surface area contributed by atoms with Gasteiger partial charge in [0.25, 0.3) is 0 Å². The number of nitrogens with zero attached hydrogens (tertiary/aromatic N) is 4. The van der Waals surface area contributed by atoms with E-state index in [1.165, 1.54) is 0 Å². The second-order valence-electron chi connectivity index (χ2n) is 13.5. The van der Waals surface area contributed by atoms with Crippen LogP contribution in [0.15, 0.2) is 199 Å². The molecule has 0 saturated carbocycles. The Morgan fingerprint density at radius 1 is 0.309 bits per heavy atom. The van der Waals surface area contributed by atoms with Crippen molar-refractivity contribution in [1.29, 1.82) is 0 Å². The number of hydrogen-bond donors (Lipinski definition) is 0. The minimum absolute atomic E-state index is 0.550. The van der Waals surface area contributed by atoms with Crippen molar-refractivity contribution in [1.82, 2.24) is 19.9 Å². The Morgan fingerprint density at radius 3 is 1.38 bits per heavy atom. The third-order valence-electron chi connectivity index (χ3n) is 9.95. The molecular weight excluding hydrogens is 673 g/mol. The van der Waals surface area contributed by atoms with Crippen molar-refractivity contribution in [3.8, 4) is 79.0 Å². The van der Waals surface area contributed by atoms with E-state index in [-0.39, 0.29) is 0 Å². The van der Waals surface area contributed by atoms with Crippen LogP contribution in [0.2, 0.25) is 0 Å². The van der Waals surface area contributed by atoms with Gasteiger partial charge in [-0.05, 0) is 75.2 Å². The van der Waals surface area contributed by atoms with Crippen molar-refractivity contribution in [3.63, 3.8) is 0 Å². The fraction of sp³-hybridized carbons (Fsp3) is 0. The van der Waals surface area contributed by atoms with Gasteiger partial charge in [0.2, 0.25) is 5.89 Å². The van der Waals surface area contributed by atoms with Crippen LogP contribution in [0.1, 0.15) is 0 Å². The van der Waals surface area contributed by atoms with Crippen LogP contribution in [-0.4, -0.2) is 19.9 Å². The van der Waals surface area contributed by atoms with E-state index in [0.29, 0.717) is 28.9 Å². The smallest absolute Gasteiger partial charge is 0.227 e. The highest BCUT2D eigenvalue weighted by atomic mass is 16.3. The zero-order valence-corrected chi connectivity index (χ0v) is 29.7. The molecule has 8 aromatic carbocycles. The first kappa shape index (κ1) is 32.2. The summed E-state index contributed by atoms with van der Waals surface area (Å²) in [6.07, 6.45) is 0. The fourth-order valence-corrected chi connectivity index (χ4v) is 7.19. The van der Waals surface area contributed by atoms with E-state index in [1.807, 2.05) is 60.7 Å². The summed E-state index contributed by atoms with van der Waals surface area (Å²) in [5.74, 6) is 2.28. The highest BCUT2D eigenvalue weighted by Crippen LogP contribution is 2.38. The first-order valence-corrected chi connectivity index (χ1v) is 18.3. The Bertz CT molecular complexity index is 2890. The maximum absolute atomic E-state index is 6.56. The van der Waals surface area contributed by atoms with Gasteiger partial charge >= 0.3 is 0 Å². The molecule has 10 rings (SSSR count). The zero-order chi connectivity index (χ0) is 36.6. The van der Waals surface area contributed by atoms with E-state index in [2.05, 4.69) is 133 Å². The van der Waals surface area contributed by atoms with Crippen molar-refractivity contribution in [2.45, 2.75) is 0 Å². The van der Waals surface area contributed by atoms with Gasteiger partial charge in [0.1, 0.15) is 5.52 Å². The molecule has 5 nitrogen and oxygen atoms in total. The van der Waals surface area contributed by atoms with Gasteiger partial charge in [0.05, 0.1) is 0 Å². The Balaban J connectivity index is 1.20. The summed E-state index contributed by atoms with van der Waals surface area (Å²) in [6.45, 7) is 0. The molecule has 55 heavy (non-hydrogen) atoms. The van der Waals surface area contributed by atoms with Crippen molar-refractivity contribution >= 4 is 21.9 Å². The lowest BCUT2D eigenvalue weighted by Gasteiger charge is -2.13. The van der Waals surface area contributed by atoms with Gasteiger partial charge in [-0.15, -0.1) is 0 Å². The van der Waals surface area contributed by atoms with Gasteiger partial charge in [-0.2, -0.15) is 0 Å². The van der Waals surface area contributed by atoms with Gasteiger partial charge in [-0.25, -0.2) is 19.9 Å². The van der Waals surface area contributed by atoms with Crippen LogP contribution >= 0.6 is 0 Å². The maximum atomic E-state index is 6.56. The van der Waals surface area contributed by atoms with Crippen LogP contribution in [0.3, 0.4) is 0 Å². The van der Waals surface area contributed by atoms with E-state index in [4.69, 9.17) is 24.4 Å². The van der Waals surface area contributed by atoms with Crippen LogP contribution in [0.4, 0.5) is 0 Å². The monoisotopic (exact) mass is 704 g/mol. The molecule has 0 bridgehead atoms. The van der Waals surface area contributed by atoms with E-state index in [9.17, 15) is 0 Å². The van der Waals surface area contributed by atoms with Crippen molar-refractivity contribution < 1.29 is 4.42 Å². The van der Waals surface area contributed by atoms with Crippen molar-refractivity contribution in [3.05, 3.63) is 194 Å². The first-order chi connectivity index (χ1) is 27.2. The summed E-state index contributed by atoms with van der Waals surface area (Å²) in [4.78, 5) is 20.6. The normalized spacial score (nSPS) is 11.3. The molecule has 5 heteroatoms. The lowest BCUT2D eigenvalue weighted by Crippen LogP contribution is -2.01. The molecule has 2 aromatic heterocycles. The molecule has 0 saturated heterocycles. The van der Waals surface area contributed by atoms with Crippen molar-refractivity contribution in [2.24, 2.45) is 0 Å². The molecular formula is C50H32N4O. The van der Waals surface area contributed by atoms with Crippen molar-refractivity contribution in [2.75, 3.05) is 0 Å². The molecule has 0 fully saturated rings. The predicted octanol–water partition coefficient (Wildman–Crippen LogP) is 12.8. The first-order valence-electron chi connectivity index (χ1n) is 18.3. The number of oxazole rings is 1. The predicted molar refractivity (Wildman–Crippen MR) is 223 cm³/mol. The standard InChI is InChI=1S/C50H32N4O/c1-5-14-33(15-6-1)36-24-26-38(27-25-36)47-52-48(42-31-40(34-16-7-2-8-17-34)30-41(32-42)35-18-9-3-10-19-35)54-49(53-47)43-23-13-22-37-28-29-44-46(45(37)43)55-50(51-44)39-20-11-4-12-21-39/h1-32H. The molecule has 0 unspecified atom stereocenters. The third kappa shape index (κ3) is 6.24. The quantitative estimate of drug-likeness (QED) is 0.165. The Morgan fingerprint density at radius 2 is 0.782 bits per heavy atom. The maximum Gasteiger partial charge on any atom is 0.227 e. The second kappa shape index (κ2) is 13.8. The second-order valence-corrected chi connectivity index (χ2v) is 13.5. The SMILES string of the molecule is c1ccc(-c2ccc(-c3nc(-c4cc(-c5ccccc5)cc(-c5ccccc5)c4)nc(-c4cccc5ccc6nc(-c7ccccc7)oc6c45)n3)cc2)cc1. The Labute approximate surface area is 318 Å². The Hall–Kier alpha value is -7.50. The molecule has 0 N–H and O–H groups in total. The van der Waals surface area contributed by atoms with E-state index in [0.717, 1.165) is 71.9 Å². The number of fused-ring (bicyclic) bond motifs is 3. The zero-order valence-electron chi connectivity index (χ0n) is 29.7. The molecule has 10 aromatic rings. The third-order valence-corrected chi connectivity index (χ3v) is 9.95. The number of hydrogen-bond acceptors (Lipinski definition) is 5. The molecule has 2 heterocycles. The number of aromatic nitrogens is 4. The average Bonchev–Trinajstić information content (AvgIpc) is 3.72. The summed E-state index contributed by atoms with van der Waals surface area (Å²) in [5, 5.41) is 1.91. The molecule has 258 valence electrons. The summed E-state index contributed by atoms with van der Waals surface area (Å²) in [5.41, 5.74) is 11.7. The van der Waals surface area contributed by atoms with E-state index >= 15 is 0 Å². The molecule has 0 atom stereocenters. The highest BCUT2D eigenvalue weighted by molar-refractivity contribution is 6.10.